The van der Waals surface area contributed by atoms with Gasteiger partial charge in [0.05, 0.1) is 5.02 Å². The Morgan fingerprint density at radius 2 is 2.11 bits per heavy atom. The topological polar surface area (TPSA) is 75.6 Å². The van der Waals surface area contributed by atoms with Gasteiger partial charge in [0, 0.05) is 0 Å². The van der Waals surface area contributed by atoms with Gasteiger partial charge in [0.2, 0.25) is 0 Å². The van der Waals surface area contributed by atoms with E-state index in [2.05, 4.69) is 5.32 Å². The fourth-order valence-electron chi connectivity index (χ4n) is 1.49. The quantitative estimate of drug-likeness (QED) is 0.804. The lowest BCUT2D eigenvalue weighted by Crippen LogP contribution is -2.42. The number of para-hydroxylation sites is 1. The first-order valence-corrected chi connectivity index (χ1v) is 6.32. The summed E-state index contributed by atoms with van der Waals surface area (Å²) in [6, 6.07) is 5.88. The highest BCUT2D eigenvalue weighted by Gasteiger charge is 2.18. The van der Waals surface area contributed by atoms with E-state index in [4.69, 9.17) is 21.4 Å². The number of hydrogen-bond acceptors (Lipinski definition) is 3. The molecule has 5 nitrogen and oxygen atoms in total. The average molecular weight is 286 g/mol. The van der Waals surface area contributed by atoms with Gasteiger partial charge in [0.25, 0.3) is 5.91 Å². The van der Waals surface area contributed by atoms with Crippen LogP contribution in [0.25, 0.3) is 0 Å². The van der Waals surface area contributed by atoms with Gasteiger partial charge in [-0.05, 0) is 18.6 Å². The van der Waals surface area contributed by atoms with Crippen LogP contribution < -0.4 is 10.1 Å². The van der Waals surface area contributed by atoms with Crippen molar-refractivity contribution in [1.82, 2.24) is 5.32 Å². The van der Waals surface area contributed by atoms with E-state index in [0.29, 0.717) is 23.6 Å². The molecule has 0 spiro atoms. The number of benzene rings is 1. The summed E-state index contributed by atoms with van der Waals surface area (Å²) in [5.41, 5.74) is 0. The predicted octanol–water partition coefficient (Wildman–Crippen LogP) is 2.09. The van der Waals surface area contributed by atoms with Crippen LogP contribution in [0.3, 0.4) is 0 Å². The minimum atomic E-state index is -1.05. The molecule has 0 heterocycles. The van der Waals surface area contributed by atoms with Gasteiger partial charge in [-0.1, -0.05) is 37.1 Å². The summed E-state index contributed by atoms with van der Waals surface area (Å²) in [4.78, 5) is 22.5. The zero-order valence-electron chi connectivity index (χ0n) is 10.6. The van der Waals surface area contributed by atoms with E-state index in [0.717, 1.165) is 0 Å². The zero-order valence-corrected chi connectivity index (χ0v) is 11.3. The van der Waals surface area contributed by atoms with Crippen molar-refractivity contribution in [1.29, 1.82) is 0 Å². The normalized spacial score (nSPS) is 11.7. The van der Waals surface area contributed by atoms with Gasteiger partial charge in [-0.25, -0.2) is 4.79 Å². The maximum absolute atomic E-state index is 11.6. The molecule has 2 N–H and O–H groups in total. The Morgan fingerprint density at radius 1 is 1.42 bits per heavy atom. The third-order valence-electron chi connectivity index (χ3n) is 2.41. The summed E-state index contributed by atoms with van der Waals surface area (Å²) in [6.45, 7) is 1.58. The molecule has 1 rings (SSSR count). The zero-order chi connectivity index (χ0) is 14.3. The van der Waals surface area contributed by atoms with Crippen molar-refractivity contribution in [3.8, 4) is 5.75 Å². The Bertz CT molecular complexity index is 450. The van der Waals surface area contributed by atoms with Gasteiger partial charge < -0.3 is 15.2 Å². The molecule has 1 aromatic rings. The molecule has 1 atom stereocenters. The molecular formula is C13H16ClNO4. The molecule has 0 aliphatic carbocycles. The van der Waals surface area contributed by atoms with Gasteiger partial charge in [-0.3, -0.25) is 4.79 Å². The number of rotatable bonds is 7. The number of carbonyl (C=O) groups is 2. The van der Waals surface area contributed by atoms with Crippen molar-refractivity contribution in [3.05, 3.63) is 29.3 Å². The SMILES string of the molecule is CCCC(NC(=O)COc1ccccc1Cl)C(=O)O. The number of amides is 1. The molecule has 0 aromatic heterocycles. The number of carboxylic acids is 1. The molecule has 1 aromatic carbocycles. The van der Waals surface area contributed by atoms with Crippen molar-refractivity contribution in [3.63, 3.8) is 0 Å². The molecule has 0 saturated carbocycles. The maximum Gasteiger partial charge on any atom is 0.326 e. The van der Waals surface area contributed by atoms with Crippen LogP contribution in [0.15, 0.2) is 24.3 Å². The third kappa shape index (κ3) is 5.18. The van der Waals surface area contributed by atoms with Crippen LogP contribution in [0.5, 0.6) is 5.75 Å². The van der Waals surface area contributed by atoms with E-state index in [1.54, 1.807) is 24.3 Å². The van der Waals surface area contributed by atoms with Crippen LogP contribution in [-0.2, 0) is 9.59 Å². The number of nitrogens with one attached hydrogen (secondary N) is 1. The van der Waals surface area contributed by atoms with E-state index in [9.17, 15) is 9.59 Å². The number of ether oxygens (including phenoxy) is 1. The van der Waals surface area contributed by atoms with Crippen LogP contribution in [0.1, 0.15) is 19.8 Å². The van der Waals surface area contributed by atoms with Crippen molar-refractivity contribution in [2.75, 3.05) is 6.61 Å². The Labute approximate surface area is 116 Å². The summed E-state index contributed by atoms with van der Waals surface area (Å²) in [7, 11) is 0. The second kappa shape index (κ2) is 7.63. The Kier molecular flexibility index (Phi) is 6.15. The van der Waals surface area contributed by atoms with Crippen LogP contribution >= 0.6 is 11.6 Å². The first-order valence-electron chi connectivity index (χ1n) is 5.94. The number of halogens is 1. The van der Waals surface area contributed by atoms with Crippen molar-refractivity contribution in [2.45, 2.75) is 25.8 Å². The predicted molar refractivity (Wildman–Crippen MR) is 71.4 cm³/mol. The van der Waals surface area contributed by atoms with E-state index < -0.39 is 17.9 Å². The van der Waals surface area contributed by atoms with E-state index in [1.165, 1.54) is 0 Å². The Morgan fingerprint density at radius 3 is 2.68 bits per heavy atom. The van der Waals surface area contributed by atoms with Gasteiger partial charge in [-0.15, -0.1) is 0 Å². The smallest absolute Gasteiger partial charge is 0.326 e. The Balaban J connectivity index is 2.47. The van der Waals surface area contributed by atoms with E-state index >= 15 is 0 Å². The van der Waals surface area contributed by atoms with Gasteiger partial charge in [-0.2, -0.15) is 0 Å². The fraction of sp³-hybridized carbons (Fsp3) is 0.385. The van der Waals surface area contributed by atoms with Crippen molar-refractivity contribution in [2.24, 2.45) is 0 Å². The molecule has 1 amide bonds. The molecule has 0 aliphatic heterocycles. The second-order valence-electron chi connectivity index (χ2n) is 3.97. The molecule has 19 heavy (non-hydrogen) atoms. The largest absolute Gasteiger partial charge is 0.482 e. The van der Waals surface area contributed by atoms with Crippen LogP contribution in [0.4, 0.5) is 0 Å². The van der Waals surface area contributed by atoms with Crippen molar-refractivity contribution < 1.29 is 19.4 Å². The number of aliphatic carboxylic acids is 1. The van der Waals surface area contributed by atoms with E-state index in [1.807, 2.05) is 6.92 Å². The lowest BCUT2D eigenvalue weighted by molar-refractivity contribution is -0.142. The maximum atomic E-state index is 11.6. The highest BCUT2D eigenvalue weighted by atomic mass is 35.5. The van der Waals surface area contributed by atoms with Crippen LogP contribution in [0.2, 0.25) is 5.02 Å². The number of hydrogen-bond donors (Lipinski definition) is 2. The van der Waals surface area contributed by atoms with E-state index in [-0.39, 0.29) is 6.61 Å². The minimum Gasteiger partial charge on any atom is -0.482 e. The number of carbonyl (C=O) groups excluding carboxylic acids is 1. The second-order valence-corrected chi connectivity index (χ2v) is 4.37. The summed E-state index contributed by atoms with van der Waals surface area (Å²) in [5, 5.41) is 11.7. The summed E-state index contributed by atoms with van der Waals surface area (Å²) in [5.74, 6) is -1.14. The average Bonchev–Trinajstić information content (AvgIpc) is 2.37. The minimum absolute atomic E-state index is 0.267. The highest BCUT2D eigenvalue weighted by molar-refractivity contribution is 6.32. The molecular weight excluding hydrogens is 270 g/mol. The molecule has 0 bridgehead atoms. The first kappa shape index (κ1) is 15.3. The summed E-state index contributed by atoms with van der Waals surface area (Å²) in [6.07, 6.45) is 1.05. The molecule has 0 radical (unpaired) electrons. The molecule has 1 unspecified atom stereocenters. The van der Waals surface area contributed by atoms with Crippen molar-refractivity contribution >= 4 is 23.5 Å². The highest BCUT2D eigenvalue weighted by Crippen LogP contribution is 2.22. The monoisotopic (exact) mass is 285 g/mol. The van der Waals surface area contributed by atoms with Gasteiger partial charge in [0.1, 0.15) is 11.8 Å². The standard InChI is InChI=1S/C13H16ClNO4/c1-2-5-10(13(17)18)15-12(16)8-19-11-7-4-3-6-9(11)14/h3-4,6-7,10H,2,5,8H2,1H3,(H,15,16)(H,17,18). The Hall–Kier alpha value is -1.75. The lowest BCUT2D eigenvalue weighted by atomic mass is 10.2. The summed E-state index contributed by atoms with van der Waals surface area (Å²) >= 11 is 5.86. The van der Waals surface area contributed by atoms with Crippen LogP contribution in [0, 0.1) is 0 Å². The first-order chi connectivity index (χ1) is 9.04. The lowest BCUT2D eigenvalue weighted by Gasteiger charge is -2.14. The molecule has 0 fully saturated rings. The van der Waals surface area contributed by atoms with Gasteiger partial charge >= 0.3 is 5.97 Å². The molecule has 104 valence electrons. The van der Waals surface area contributed by atoms with Gasteiger partial charge in [0.15, 0.2) is 6.61 Å². The number of carboxylic acid groups (broad SMARTS) is 1. The fourth-order valence-corrected chi connectivity index (χ4v) is 1.68. The molecule has 6 heteroatoms. The summed E-state index contributed by atoms with van der Waals surface area (Å²) < 4.78 is 5.22. The molecule has 0 aliphatic rings. The van der Waals surface area contributed by atoms with Crippen LogP contribution in [-0.4, -0.2) is 29.6 Å². The molecule has 0 saturated heterocycles. The third-order valence-corrected chi connectivity index (χ3v) is 2.72.